The summed E-state index contributed by atoms with van der Waals surface area (Å²) in [5.74, 6) is 0. The van der Waals surface area contributed by atoms with Crippen molar-refractivity contribution < 1.29 is 0 Å². The lowest BCUT2D eigenvalue weighted by Gasteiger charge is -2.17. The van der Waals surface area contributed by atoms with Crippen molar-refractivity contribution in [3.8, 4) is 6.07 Å². The highest BCUT2D eigenvalue weighted by Crippen LogP contribution is 2.22. The highest BCUT2D eigenvalue weighted by Gasteiger charge is 2.24. The highest BCUT2D eigenvalue weighted by atomic mass is 16.1. The van der Waals surface area contributed by atoms with Gasteiger partial charge in [-0.05, 0) is 31.4 Å². The number of hydrogen-bond acceptors (Lipinski definition) is 2. The molecule has 0 atom stereocenters. The van der Waals surface area contributed by atoms with Crippen LogP contribution >= 0.6 is 0 Å². The van der Waals surface area contributed by atoms with E-state index in [1.54, 1.807) is 25.5 Å². The second-order valence-electron chi connectivity index (χ2n) is 4.72. The summed E-state index contributed by atoms with van der Waals surface area (Å²) in [6, 6.07) is 11.7. The monoisotopic (exact) mass is 226 g/mol. The summed E-state index contributed by atoms with van der Waals surface area (Å²) < 4.78 is 1.60. The minimum Gasteiger partial charge on any atom is -0.311 e. The highest BCUT2D eigenvalue weighted by molar-refractivity contribution is 5.79. The Morgan fingerprint density at radius 1 is 1.29 bits per heavy atom. The van der Waals surface area contributed by atoms with E-state index in [1.165, 1.54) is 0 Å². The predicted molar refractivity (Wildman–Crippen MR) is 67.8 cm³/mol. The Labute approximate surface area is 99.9 Å². The normalized spacial score (nSPS) is 11.4. The second kappa shape index (κ2) is 3.74. The van der Waals surface area contributed by atoms with Gasteiger partial charge in [-0.3, -0.25) is 4.79 Å². The summed E-state index contributed by atoms with van der Waals surface area (Å²) in [6.45, 7) is 3.52. The van der Waals surface area contributed by atoms with Crippen LogP contribution in [0.2, 0.25) is 0 Å². The number of pyridine rings is 1. The maximum atomic E-state index is 12.2. The van der Waals surface area contributed by atoms with Crippen LogP contribution in [0, 0.1) is 11.3 Å². The Morgan fingerprint density at radius 3 is 2.59 bits per heavy atom. The fourth-order valence-electron chi connectivity index (χ4n) is 1.93. The van der Waals surface area contributed by atoms with Gasteiger partial charge >= 0.3 is 0 Å². The number of nitriles is 1. The van der Waals surface area contributed by atoms with Crippen LogP contribution in [0.5, 0.6) is 0 Å². The van der Waals surface area contributed by atoms with Crippen LogP contribution < -0.4 is 5.56 Å². The average molecular weight is 226 g/mol. The molecular formula is C14H14N2O. The molecule has 3 nitrogen and oxygen atoms in total. The maximum Gasteiger partial charge on any atom is 0.255 e. The van der Waals surface area contributed by atoms with Crippen molar-refractivity contribution >= 4 is 10.9 Å². The maximum absolute atomic E-state index is 12.2. The summed E-state index contributed by atoms with van der Waals surface area (Å²) in [5, 5.41) is 10.1. The van der Waals surface area contributed by atoms with E-state index in [2.05, 4.69) is 6.07 Å². The minimum absolute atomic E-state index is 0.102. The summed E-state index contributed by atoms with van der Waals surface area (Å²) in [5.41, 5.74) is 0.560. The van der Waals surface area contributed by atoms with Crippen LogP contribution in [0.15, 0.2) is 35.1 Å². The third kappa shape index (κ3) is 1.72. The van der Waals surface area contributed by atoms with Crippen molar-refractivity contribution in [3.05, 3.63) is 46.2 Å². The molecule has 0 unspecified atom stereocenters. The van der Waals surface area contributed by atoms with Crippen molar-refractivity contribution in [1.29, 1.82) is 5.26 Å². The van der Waals surface area contributed by atoms with E-state index in [4.69, 9.17) is 5.26 Å². The number of hydrogen-bond donors (Lipinski definition) is 0. The van der Waals surface area contributed by atoms with Gasteiger partial charge in [-0.2, -0.15) is 5.26 Å². The molecule has 0 aliphatic carbocycles. The van der Waals surface area contributed by atoms with Crippen LogP contribution in [0.4, 0.5) is 0 Å². The van der Waals surface area contributed by atoms with Crippen LogP contribution in [0.1, 0.15) is 19.4 Å². The van der Waals surface area contributed by atoms with E-state index in [9.17, 15) is 4.79 Å². The van der Waals surface area contributed by atoms with E-state index >= 15 is 0 Å². The Bertz CT molecular complexity index is 675. The molecule has 0 spiro atoms. The fraction of sp³-hybridized carbons (Fsp3) is 0.286. The van der Waals surface area contributed by atoms with Gasteiger partial charge in [-0.1, -0.05) is 18.2 Å². The number of nitrogens with zero attached hydrogens (tertiary/aromatic N) is 2. The molecule has 3 heteroatoms. The number of aryl methyl sites for hydroxylation is 1. The van der Waals surface area contributed by atoms with Crippen LogP contribution in [-0.2, 0) is 12.5 Å². The van der Waals surface area contributed by atoms with Crippen LogP contribution in [0.25, 0.3) is 10.9 Å². The van der Waals surface area contributed by atoms with E-state index in [-0.39, 0.29) is 5.56 Å². The average Bonchev–Trinajstić information content (AvgIpc) is 2.33. The zero-order valence-corrected chi connectivity index (χ0v) is 10.2. The van der Waals surface area contributed by atoms with Gasteiger partial charge in [-0.25, -0.2) is 0 Å². The number of benzene rings is 1. The number of aromatic nitrogens is 1. The molecule has 1 aromatic heterocycles. The largest absolute Gasteiger partial charge is 0.311 e. The first-order valence-corrected chi connectivity index (χ1v) is 5.48. The van der Waals surface area contributed by atoms with E-state index in [0.29, 0.717) is 5.56 Å². The lowest BCUT2D eigenvalue weighted by atomic mass is 9.86. The van der Waals surface area contributed by atoms with Gasteiger partial charge < -0.3 is 4.57 Å². The molecule has 0 fully saturated rings. The number of rotatable bonds is 1. The summed E-state index contributed by atoms with van der Waals surface area (Å²) in [7, 11) is 1.74. The molecule has 86 valence electrons. The quantitative estimate of drug-likeness (QED) is 0.749. The first kappa shape index (κ1) is 11.4. The SMILES string of the molecule is Cn1c(=O)c(C(C)(C)C#N)cc2ccccc21. The first-order chi connectivity index (χ1) is 7.97. The molecule has 1 aromatic carbocycles. The molecule has 0 saturated carbocycles. The van der Waals surface area contributed by atoms with Crippen molar-refractivity contribution in [2.24, 2.45) is 7.05 Å². The van der Waals surface area contributed by atoms with E-state index in [0.717, 1.165) is 10.9 Å². The fourth-order valence-corrected chi connectivity index (χ4v) is 1.93. The third-order valence-corrected chi connectivity index (χ3v) is 3.09. The molecular weight excluding hydrogens is 212 g/mol. The topological polar surface area (TPSA) is 45.8 Å². The molecule has 2 aromatic rings. The minimum atomic E-state index is -0.765. The van der Waals surface area contributed by atoms with Crippen molar-refractivity contribution in [1.82, 2.24) is 4.57 Å². The molecule has 1 heterocycles. The molecule has 2 rings (SSSR count). The molecule has 0 amide bonds. The molecule has 0 saturated heterocycles. The molecule has 0 aliphatic rings. The molecule has 17 heavy (non-hydrogen) atoms. The second-order valence-corrected chi connectivity index (χ2v) is 4.72. The summed E-state index contributed by atoms with van der Waals surface area (Å²) in [4.78, 5) is 12.2. The van der Waals surface area contributed by atoms with Crippen molar-refractivity contribution in [3.63, 3.8) is 0 Å². The summed E-state index contributed by atoms with van der Waals surface area (Å²) in [6.07, 6.45) is 0. The van der Waals surface area contributed by atoms with Crippen LogP contribution in [0.3, 0.4) is 0 Å². The van der Waals surface area contributed by atoms with Crippen molar-refractivity contribution in [2.45, 2.75) is 19.3 Å². The Kier molecular flexibility index (Phi) is 2.51. The van der Waals surface area contributed by atoms with Gasteiger partial charge in [0.15, 0.2) is 0 Å². The van der Waals surface area contributed by atoms with Gasteiger partial charge in [0.05, 0.1) is 17.0 Å². The van der Waals surface area contributed by atoms with Gasteiger partial charge in [0, 0.05) is 12.6 Å². The van der Waals surface area contributed by atoms with Crippen molar-refractivity contribution in [2.75, 3.05) is 0 Å². The zero-order valence-electron chi connectivity index (χ0n) is 10.2. The number of para-hydroxylation sites is 1. The number of fused-ring (bicyclic) bond motifs is 1. The molecule has 0 radical (unpaired) electrons. The Morgan fingerprint density at radius 2 is 1.94 bits per heavy atom. The smallest absolute Gasteiger partial charge is 0.255 e. The third-order valence-electron chi connectivity index (χ3n) is 3.09. The van der Waals surface area contributed by atoms with E-state index in [1.807, 2.05) is 30.3 Å². The predicted octanol–water partition coefficient (Wildman–Crippen LogP) is 2.34. The van der Waals surface area contributed by atoms with Gasteiger partial charge in [0.25, 0.3) is 5.56 Å². The molecule has 0 N–H and O–H groups in total. The van der Waals surface area contributed by atoms with Crippen LogP contribution in [-0.4, -0.2) is 4.57 Å². The van der Waals surface area contributed by atoms with Gasteiger partial charge in [0.2, 0.25) is 0 Å². The van der Waals surface area contributed by atoms with Gasteiger partial charge in [0.1, 0.15) is 0 Å². The van der Waals surface area contributed by atoms with E-state index < -0.39 is 5.41 Å². The first-order valence-electron chi connectivity index (χ1n) is 5.48. The summed E-state index contributed by atoms with van der Waals surface area (Å²) >= 11 is 0. The Hall–Kier alpha value is -2.08. The lowest BCUT2D eigenvalue weighted by Crippen LogP contribution is -2.30. The Balaban J connectivity index is 2.90. The zero-order chi connectivity index (χ0) is 12.6. The lowest BCUT2D eigenvalue weighted by molar-refractivity contribution is 0.665. The molecule has 0 bridgehead atoms. The van der Waals surface area contributed by atoms with Gasteiger partial charge in [-0.15, -0.1) is 0 Å². The standard InChI is InChI=1S/C14H14N2O/c1-14(2,9-15)11-8-10-6-4-5-7-12(10)16(3)13(11)17/h4-8H,1-3H3. The molecule has 0 aliphatic heterocycles.